The maximum atomic E-state index is 10.1. The van der Waals surface area contributed by atoms with Crippen LogP contribution in [0.4, 0.5) is 0 Å². The molecule has 0 radical (unpaired) electrons. The summed E-state index contributed by atoms with van der Waals surface area (Å²) in [6.07, 6.45) is 4.44. The third-order valence-electron chi connectivity index (χ3n) is 2.35. The van der Waals surface area contributed by atoms with Crippen molar-refractivity contribution >= 4 is 0 Å². The topological polar surface area (TPSA) is 50.9 Å². The van der Waals surface area contributed by atoms with E-state index in [9.17, 15) is 5.11 Å². The van der Waals surface area contributed by atoms with Crippen LogP contribution in [0.2, 0.25) is 0 Å². The van der Waals surface area contributed by atoms with Gasteiger partial charge in [0.25, 0.3) is 0 Å². The zero-order valence-electron chi connectivity index (χ0n) is 8.75. The molecule has 2 aromatic heterocycles. The second kappa shape index (κ2) is 3.82. The Morgan fingerprint density at radius 2 is 2.20 bits per heavy atom. The lowest BCUT2D eigenvalue weighted by Gasteiger charge is -2.11. The molecule has 4 heteroatoms. The van der Waals surface area contributed by atoms with E-state index in [-0.39, 0.29) is 0 Å². The van der Waals surface area contributed by atoms with Crippen LogP contribution in [0, 0.1) is 6.92 Å². The Labute approximate surface area is 88.2 Å². The van der Waals surface area contributed by atoms with Gasteiger partial charge in [-0.3, -0.25) is 9.67 Å². The molecule has 0 bridgehead atoms. The van der Waals surface area contributed by atoms with Crippen LogP contribution in [0.5, 0.6) is 0 Å². The van der Waals surface area contributed by atoms with Crippen LogP contribution in [0.15, 0.2) is 30.7 Å². The van der Waals surface area contributed by atoms with Crippen molar-refractivity contribution in [1.82, 2.24) is 14.8 Å². The Morgan fingerprint density at radius 3 is 2.80 bits per heavy atom. The van der Waals surface area contributed by atoms with Gasteiger partial charge >= 0.3 is 0 Å². The molecule has 0 aromatic carbocycles. The van der Waals surface area contributed by atoms with Crippen molar-refractivity contribution in [2.75, 3.05) is 0 Å². The molecular formula is C11H13N3O. The maximum Gasteiger partial charge on any atom is 0.122 e. The summed E-state index contributed by atoms with van der Waals surface area (Å²) in [5.41, 5.74) is 2.59. The highest BCUT2D eigenvalue weighted by atomic mass is 16.3. The van der Waals surface area contributed by atoms with Crippen molar-refractivity contribution < 1.29 is 5.11 Å². The molecule has 0 saturated heterocycles. The Morgan fingerprint density at radius 1 is 1.40 bits per heavy atom. The Bertz CT molecular complexity index is 464. The van der Waals surface area contributed by atoms with Gasteiger partial charge in [0.05, 0.1) is 5.69 Å². The van der Waals surface area contributed by atoms with E-state index in [1.54, 1.807) is 29.3 Å². The van der Waals surface area contributed by atoms with Gasteiger partial charge < -0.3 is 5.11 Å². The second-order valence-electron chi connectivity index (χ2n) is 3.58. The van der Waals surface area contributed by atoms with E-state index < -0.39 is 6.10 Å². The summed E-state index contributed by atoms with van der Waals surface area (Å²) < 4.78 is 1.66. The molecule has 4 nitrogen and oxygen atoms in total. The first-order valence-electron chi connectivity index (χ1n) is 4.76. The minimum Gasteiger partial charge on any atom is -0.382 e. The third kappa shape index (κ3) is 1.89. The maximum absolute atomic E-state index is 10.1. The predicted octanol–water partition coefficient (Wildman–Crippen LogP) is 1.21. The summed E-state index contributed by atoms with van der Waals surface area (Å²) in [5, 5.41) is 14.1. The number of nitrogens with zero attached hydrogens (tertiary/aromatic N) is 3. The number of aliphatic hydroxyl groups excluding tert-OH is 1. The van der Waals surface area contributed by atoms with Gasteiger partial charge in [-0.2, -0.15) is 5.10 Å². The molecular weight excluding hydrogens is 190 g/mol. The van der Waals surface area contributed by atoms with Crippen LogP contribution in [0.1, 0.15) is 22.9 Å². The van der Waals surface area contributed by atoms with Crippen molar-refractivity contribution in [2.24, 2.45) is 7.05 Å². The zero-order valence-corrected chi connectivity index (χ0v) is 8.75. The summed E-state index contributed by atoms with van der Waals surface area (Å²) in [6, 6.07) is 3.72. The van der Waals surface area contributed by atoms with Gasteiger partial charge in [-0.15, -0.1) is 0 Å². The first kappa shape index (κ1) is 9.86. The number of hydrogen-bond donors (Lipinski definition) is 1. The predicted molar refractivity (Wildman–Crippen MR) is 56.2 cm³/mol. The SMILES string of the molecule is Cc1cncc(C(O)c2ccnn2C)c1. The highest BCUT2D eigenvalue weighted by Crippen LogP contribution is 2.20. The molecule has 0 amide bonds. The van der Waals surface area contributed by atoms with Crippen LogP contribution in [0.25, 0.3) is 0 Å². The van der Waals surface area contributed by atoms with Gasteiger partial charge in [0.15, 0.2) is 0 Å². The molecule has 2 heterocycles. The van der Waals surface area contributed by atoms with E-state index >= 15 is 0 Å². The smallest absolute Gasteiger partial charge is 0.122 e. The monoisotopic (exact) mass is 203 g/mol. The lowest BCUT2D eigenvalue weighted by molar-refractivity contribution is 0.209. The number of rotatable bonds is 2. The minimum absolute atomic E-state index is 0.662. The summed E-state index contributed by atoms with van der Waals surface area (Å²) >= 11 is 0. The van der Waals surface area contributed by atoms with E-state index in [1.807, 2.05) is 20.0 Å². The number of hydrogen-bond acceptors (Lipinski definition) is 3. The highest BCUT2D eigenvalue weighted by molar-refractivity contribution is 5.25. The summed E-state index contributed by atoms with van der Waals surface area (Å²) in [5.74, 6) is 0. The van der Waals surface area contributed by atoms with E-state index in [0.29, 0.717) is 0 Å². The molecule has 0 fully saturated rings. The lowest BCUT2D eigenvalue weighted by atomic mass is 10.1. The Hall–Kier alpha value is -1.68. The van der Waals surface area contributed by atoms with Crippen LogP contribution in [0.3, 0.4) is 0 Å². The highest BCUT2D eigenvalue weighted by Gasteiger charge is 2.13. The molecule has 1 atom stereocenters. The summed E-state index contributed by atoms with van der Waals surface area (Å²) in [7, 11) is 1.81. The summed E-state index contributed by atoms with van der Waals surface area (Å²) in [6.45, 7) is 1.95. The molecule has 2 aromatic rings. The third-order valence-corrected chi connectivity index (χ3v) is 2.35. The molecule has 2 rings (SSSR count). The van der Waals surface area contributed by atoms with Crippen molar-refractivity contribution in [1.29, 1.82) is 0 Å². The van der Waals surface area contributed by atoms with Gasteiger partial charge in [-0.05, 0) is 18.6 Å². The van der Waals surface area contributed by atoms with Crippen molar-refractivity contribution in [2.45, 2.75) is 13.0 Å². The van der Waals surface area contributed by atoms with Crippen molar-refractivity contribution in [3.63, 3.8) is 0 Å². The molecule has 1 N–H and O–H groups in total. The zero-order chi connectivity index (χ0) is 10.8. The molecule has 0 aliphatic heterocycles. The van der Waals surface area contributed by atoms with Crippen LogP contribution < -0.4 is 0 Å². The van der Waals surface area contributed by atoms with Gasteiger partial charge in [0, 0.05) is 31.2 Å². The van der Waals surface area contributed by atoms with Crippen molar-refractivity contribution in [3.05, 3.63) is 47.5 Å². The average molecular weight is 203 g/mol. The molecule has 78 valence electrons. The van der Waals surface area contributed by atoms with Crippen LogP contribution in [-0.2, 0) is 7.05 Å². The van der Waals surface area contributed by atoms with Crippen molar-refractivity contribution in [3.8, 4) is 0 Å². The van der Waals surface area contributed by atoms with E-state index in [2.05, 4.69) is 10.1 Å². The molecule has 0 aliphatic rings. The largest absolute Gasteiger partial charge is 0.382 e. The standard InChI is InChI=1S/C11H13N3O/c1-8-5-9(7-12-6-8)11(15)10-3-4-13-14(10)2/h3-7,11,15H,1-2H3. The Kier molecular flexibility index (Phi) is 2.51. The fraction of sp³-hybridized carbons (Fsp3) is 0.273. The number of aromatic nitrogens is 3. The lowest BCUT2D eigenvalue weighted by Crippen LogP contribution is -2.07. The van der Waals surface area contributed by atoms with E-state index in [1.165, 1.54) is 0 Å². The normalized spacial score (nSPS) is 12.7. The quantitative estimate of drug-likeness (QED) is 0.798. The number of aryl methyl sites for hydroxylation is 2. The molecule has 0 saturated carbocycles. The Balaban J connectivity index is 2.36. The van der Waals surface area contributed by atoms with Crippen LogP contribution >= 0.6 is 0 Å². The molecule has 1 unspecified atom stereocenters. The van der Waals surface area contributed by atoms with Gasteiger partial charge in [0.2, 0.25) is 0 Å². The van der Waals surface area contributed by atoms with Gasteiger partial charge in [0.1, 0.15) is 6.10 Å². The first-order valence-corrected chi connectivity index (χ1v) is 4.76. The number of pyridine rings is 1. The fourth-order valence-corrected chi connectivity index (χ4v) is 1.55. The molecule has 0 spiro atoms. The van der Waals surface area contributed by atoms with E-state index in [0.717, 1.165) is 16.8 Å². The first-order chi connectivity index (χ1) is 7.18. The van der Waals surface area contributed by atoms with Gasteiger partial charge in [-0.25, -0.2) is 0 Å². The molecule has 15 heavy (non-hydrogen) atoms. The van der Waals surface area contributed by atoms with Gasteiger partial charge in [-0.1, -0.05) is 6.07 Å². The molecule has 0 aliphatic carbocycles. The van der Waals surface area contributed by atoms with Crippen LogP contribution in [-0.4, -0.2) is 19.9 Å². The fourth-order valence-electron chi connectivity index (χ4n) is 1.55. The summed E-state index contributed by atoms with van der Waals surface area (Å²) in [4.78, 5) is 4.06. The minimum atomic E-state index is -0.662. The second-order valence-corrected chi connectivity index (χ2v) is 3.58. The number of aliphatic hydroxyl groups is 1. The van der Waals surface area contributed by atoms with E-state index in [4.69, 9.17) is 0 Å². The average Bonchev–Trinajstić information content (AvgIpc) is 2.63.